The maximum atomic E-state index is 10.6. The summed E-state index contributed by atoms with van der Waals surface area (Å²) in [6.07, 6.45) is -4.02. The zero-order valence-electron chi connectivity index (χ0n) is 17.8. The van der Waals surface area contributed by atoms with Gasteiger partial charge in [0.15, 0.2) is 5.13 Å². The summed E-state index contributed by atoms with van der Waals surface area (Å²) in [7, 11) is 1.68. The maximum absolute atomic E-state index is 10.6. The van der Waals surface area contributed by atoms with Crippen molar-refractivity contribution in [3.8, 4) is 17.0 Å². The standard InChI is InChI=1S/C20H19Cl2N3OS.C2HF3O2/c1-26-16-5-3-14(4-6-16)25(15-8-9-23-11-15)20-24-19(12-27-20)17-10-13(21)2-7-18(17)22;3-2(4,5)1(6)7/h2-7,10,12,15,23H,8-9,11H2,1H3;(H,6,7). The number of carboxylic acids is 1. The first kappa shape index (κ1) is 26.1. The Bertz CT molecular complexity index is 1120. The number of ether oxygens (including phenoxy) is 1. The van der Waals surface area contributed by atoms with E-state index >= 15 is 0 Å². The van der Waals surface area contributed by atoms with Crippen LogP contribution in [0.15, 0.2) is 47.8 Å². The van der Waals surface area contributed by atoms with Gasteiger partial charge in [0, 0.05) is 28.2 Å². The van der Waals surface area contributed by atoms with Gasteiger partial charge < -0.3 is 20.1 Å². The van der Waals surface area contributed by atoms with E-state index in [0.717, 1.165) is 47.3 Å². The van der Waals surface area contributed by atoms with Crippen LogP contribution in [0.5, 0.6) is 5.75 Å². The summed E-state index contributed by atoms with van der Waals surface area (Å²) in [4.78, 5) is 16.1. The minimum absolute atomic E-state index is 0.354. The van der Waals surface area contributed by atoms with Gasteiger partial charge in [-0.1, -0.05) is 23.2 Å². The zero-order valence-corrected chi connectivity index (χ0v) is 20.1. The van der Waals surface area contributed by atoms with Crippen LogP contribution < -0.4 is 15.0 Å². The molecule has 0 amide bonds. The molecule has 1 saturated heterocycles. The van der Waals surface area contributed by atoms with Crippen LogP contribution in [0.2, 0.25) is 10.0 Å². The molecule has 1 atom stereocenters. The summed E-state index contributed by atoms with van der Waals surface area (Å²) in [5, 5.41) is 14.8. The van der Waals surface area contributed by atoms with Gasteiger partial charge >= 0.3 is 12.1 Å². The first-order chi connectivity index (χ1) is 16.1. The Morgan fingerprint density at radius 2 is 1.91 bits per heavy atom. The molecule has 12 heteroatoms. The van der Waals surface area contributed by atoms with Crippen molar-refractivity contribution in [3.63, 3.8) is 0 Å². The van der Waals surface area contributed by atoms with Crippen molar-refractivity contribution in [1.29, 1.82) is 0 Å². The van der Waals surface area contributed by atoms with Gasteiger partial charge in [0.1, 0.15) is 5.75 Å². The lowest BCUT2D eigenvalue weighted by atomic mass is 10.2. The monoisotopic (exact) mass is 533 g/mol. The smallest absolute Gasteiger partial charge is 0.490 e. The lowest BCUT2D eigenvalue weighted by Gasteiger charge is -2.28. The number of benzene rings is 2. The first-order valence-electron chi connectivity index (χ1n) is 9.95. The van der Waals surface area contributed by atoms with Gasteiger partial charge in [-0.25, -0.2) is 9.78 Å². The highest BCUT2D eigenvalue weighted by molar-refractivity contribution is 7.14. The van der Waals surface area contributed by atoms with E-state index in [4.69, 9.17) is 42.8 Å². The van der Waals surface area contributed by atoms with Crippen molar-refractivity contribution in [1.82, 2.24) is 10.3 Å². The highest BCUT2D eigenvalue weighted by Gasteiger charge is 2.38. The molecule has 0 radical (unpaired) electrons. The summed E-state index contributed by atoms with van der Waals surface area (Å²) in [5.74, 6) is -1.92. The van der Waals surface area contributed by atoms with Crippen molar-refractivity contribution >= 4 is 51.3 Å². The molecular formula is C22H20Cl2F3N3O3S. The van der Waals surface area contributed by atoms with Crippen LogP contribution in [0.4, 0.5) is 24.0 Å². The number of nitrogens with one attached hydrogen (secondary N) is 1. The number of thiazole rings is 1. The van der Waals surface area contributed by atoms with Gasteiger partial charge in [-0.2, -0.15) is 13.2 Å². The fourth-order valence-corrected chi connectivity index (χ4v) is 4.57. The molecule has 4 rings (SSSR count). The Morgan fingerprint density at radius 3 is 2.47 bits per heavy atom. The van der Waals surface area contributed by atoms with Crippen molar-refractivity contribution in [3.05, 3.63) is 57.9 Å². The normalized spacial score (nSPS) is 15.4. The average Bonchev–Trinajstić information content (AvgIpc) is 3.49. The third kappa shape index (κ3) is 6.53. The van der Waals surface area contributed by atoms with E-state index < -0.39 is 12.1 Å². The number of aromatic nitrogens is 1. The Kier molecular flexibility index (Phi) is 8.64. The summed E-state index contributed by atoms with van der Waals surface area (Å²) in [6.45, 7) is 1.94. The highest BCUT2D eigenvalue weighted by Crippen LogP contribution is 2.38. The van der Waals surface area contributed by atoms with E-state index in [1.54, 1.807) is 30.6 Å². The summed E-state index contributed by atoms with van der Waals surface area (Å²) in [5.41, 5.74) is 2.79. The fraction of sp³-hybridized carbons (Fsp3) is 0.273. The molecule has 3 aromatic rings. The van der Waals surface area contributed by atoms with E-state index in [2.05, 4.69) is 22.3 Å². The zero-order chi connectivity index (χ0) is 24.9. The lowest BCUT2D eigenvalue weighted by Crippen LogP contribution is -2.32. The van der Waals surface area contributed by atoms with E-state index in [9.17, 15) is 13.2 Å². The van der Waals surface area contributed by atoms with E-state index in [1.165, 1.54) is 0 Å². The number of aliphatic carboxylic acids is 1. The van der Waals surface area contributed by atoms with Crippen LogP contribution in [-0.4, -0.2) is 48.5 Å². The van der Waals surface area contributed by atoms with Gasteiger partial charge in [-0.3, -0.25) is 0 Å². The molecule has 6 nitrogen and oxygen atoms in total. The van der Waals surface area contributed by atoms with Crippen molar-refractivity contribution in [2.45, 2.75) is 18.6 Å². The SMILES string of the molecule is COc1ccc(N(c2nc(-c3cc(Cl)ccc3Cl)cs2)C2CCNC2)cc1.O=C(O)C(F)(F)F. The molecule has 1 fully saturated rings. The molecule has 1 aliphatic rings. The van der Waals surface area contributed by atoms with Gasteiger partial charge in [0.05, 0.1) is 23.9 Å². The molecule has 1 aliphatic heterocycles. The first-order valence-corrected chi connectivity index (χ1v) is 11.6. The molecular weight excluding hydrogens is 514 g/mol. The Balaban J connectivity index is 0.000000406. The van der Waals surface area contributed by atoms with E-state index in [0.29, 0.717) is 16.1 Å². The number of carbonyl (C=O) groups is 1. The molecule has 0 saturated carbocycles. The number of hydrogen-bond acceptors (Lipinski definition) is 6. The van der Waals surface area contributed by atoms with Crippen LogP contribution in [0, 0.1) is 0 Å². The van der Waals surface area contributed by atoms with Gasteiger partial charge in [-0.15, -0.1) is 11.3 Å². The quantitative estimate of drug-likeness (QED) is 0.403. The van der Waals surface area contributed by atoms with Crippen molar-refractivity contribution in [2.24, 2.45) is 0 Å². The fourth-order valence-electron chi connectivity index (χ4n) is 3.27. The molecule has 0 spiro atoms. The summed E-state index contributed by atoms with van der Waals surface area (Å²) < 4.78 is 37.0. The number of alkyl halides is 3. The molecule has 0 aliphatic carbocycles. The highest BCUT2D eigenvalue weighted by atomic mass is 35.5. The molecule has 2 heterocycles. The third-order valence-electron chi connectivity index (χ3n) is 4.90. The molecule has 34 heavy (non-hydrogen) atoms. The van der Waals surface area contributed by atoms with Crippen LogP contribution in [0.3, 0.4) is 0 Å². The van der Waals surface area contributed by atoms with E-state index in [-0.39, 0.29) is 0 Å². The lowest BCUT2D eigenvalue weighted by molar-refractivity contribution is -0.192. The summed E-state index contributed by atoms with van der Waals surface area (Å²) in [6, 6.07) is 13.9. The minimum atomic E-state index is -5.08. The van der Waals surface area contributed by atoms with Crippen LogP contribution >= 0.6 is 34.5 Å². The number of methoxy groups -OCH3 is 1. The molecule has 1 aromatic heterocycles. The number of hydrogen-bond donors (Lipinski definition) is 2. The Labute approximate surface area is 207 Å². The van der Waals surface area contributed by atoms with Crippen LogP contribution in [0.25, 0.3) is 11.3 Å². The number of halogens is 5. The predicted molar refractivity (Wildman–Crippen MR) is 128 cm³/mol. The molecule has 2 N–H and O–H groups in total. The van der Waals surface area contributed by atoms with Crippen molar-refractivity contribution < 1.29 is 27.8 Å². The number of anilines is 2. The number of rotatable bonds is 5. The third-order valence-corrected chi connectivity index (χ3v) is 6.30. The molecule has 182 valence electrons. The van der Waals surface area contributed by atoms with Crippen LogP contribution in [-0.2, 0) is 4.79 Å². The Hall–Kier alpha value is -2.53. The van der Waals surface area contributed by atoms with Gasteiger partial charge in [0.25, 0.3) is 0 Å². The second-order valence-electron chi connectivity index (χ2n) is 7.16. The van der Waals surface area contributed by atoms with Gasteiger partial charge in [-0.05, 0) is 55.4 Å². The number of carboxylic acid groups (broad SMARTS) is 1. The topological polar surface area (TPSA) is 74.7 Å². The number of nitrogens with zero attached hydrogens (tertiary/aromatic N) is 2. The van der Waals surface area contributed by atoms with Crippen molar-refractivity contribution in [2.75, 3.05) is 25.1 Å². The van der Waals surface area contributed by atoms with Gasteiger partial charge in [0.2, 0.25) is 0 Å². The minimum Gasteiger partial charge on any atom is -0.497 e. The average molecular weight is 534 g/mol. The Morgan fingerprint density at radius 1 is 1.24 bits per heavy atom. The van der Waals surface area contributed by atoms with E-state index in [1.807, 2.05) is 23.6 Å². The maximum Gasteiger partial charge on any atom is 0.490 e. The molecule has 0 bridgehead atoms. The molecule has 1 unspecified atom stereocenters. The predicted octanol–water partition coefficient (Wildman–Crippen LogP) is 6.26. The second-order valence-corrected chi connectivity index (χ2v) is 8.84. The largest absolute Gasteiger partial charge is 0.497 e. The second kappa shape index (κ2) is 11.3. The van der Waals surface area contributed by atoms with Crippen LogP contribution in [0.1, 0.15) is 6.42 Å². The summed E-state index contributed by atoms with van der Waals surface area (Å²) >= 11 is 14.1. The molecule has 2 aromatic carbocycles.